The molecule has 0 amide bonds. The van der Waals surface area contributed by atoms with E-state index in [1.54, 1.807) is 6.07 Å². The maximum atomic E-state index is 11.3. The van der Waals surface area contributed by atoms with Crippen LogP contribution in [0.3, 0.4) is 0 Å². The van der Waals surface area contributed by atoms with E-state index in [0.29, 0.717) is 6.42 Å². The number of hydrogen-bond donors (Lipinski definition) is 1. The monoisotopic (exact) mass is 257 g/mol. The van der Waals surface area contributed by atoms with Crippen molar-refractivity contribution < 1.29 is 13.3 Å². The van der Waals surface area contributed by atoms with Crippen LogP contribution in [-0.4, -0.2) is 35.9 Å². The smallest absolute Gasteiger partial charge is 0.374 e. The van der Waals surface area contributed by atoms with E-state index >= 15 is 0 Å². The summed E-state index contributed by atoms with van der Waals surface area (Å²) in [6.45, 7) is 0. The molecule has 0 bridgehead atoms. The molecule has 17 heavy (non-hydrogen) atoms. The van der Waals surface area contributed by atoms with Crippen molar-refractivity contribution in [1.82, 2.24) is 4.98 Å². The predicted octanol–water partition coefficient (Wildman–Crippen LogP) is 0.589. The molecule has 7 nitrogen and oxygen atoms in total. The summed E-state index contributed by atoms with van der Waals surface area (Å²) < 4.78 is 22.5. The summed E-state index contributed by atoms with van der Waals surface area (Å²) in [5.41, 5.74) is 0.264. The average molecular weight is 257 g/mol. The maximum Gasteiger partial charge on any atom is 0.386 e. The Hall–Kier alpha value is -1.70. The highest BCUT2D eigenvalue weighted by molar-refractivity contribution is 7.91. The van der Waals surface area contributed by atoms with Gasteiger partial charge in [-0.15, -0.1) is 0 Å². The molecular weight excluding hydrogens is 246 g/mol. The van der Waals surface area contributed by atoms with Crippen molar-refractivity contribution in [3.05, 3.63) is 28.4 Å². The lowest BCUT2D eigenvalue weighted by Gasteiger charge is -2.11. The first-order valence-corrected chi connectivity index (χ1v) is 6.86. The van der Waals surface area contributed by atoms with Crippen LogP contribution in [0, 0.1) is 10.1 Å². The van der Waals surface area contributed by atoms with Crippen molar-refractivity contribution in [3.63, 3.8) is 0 Å². The van der Waals surface area contributed by atoms with E-state index in [4.69, 9.17) is 0 Å². The summed E-state index contributed by atoms with van der Waals surface area (Å²) in [6, 6.07) is 2.82. The summed E-state index contributed by atoms with van der Waals surface area (Å²) in [5, 5.41) is 13.6. The highest BCUT2D eigenvalue weighted by atomic mass is 32.2. The molecule has 0 aromatic carbocycles. The van der Waals surface area contributed by atoms with Crippen LogP contribution in [0.15, 0.2) is 18.3 Å². The zero-order valence-corrected chi connectivity index (χ0v) is 9.68. The van der Waals surface area contributed by atoms with Gasteiger partial charge in [-0.3, -0.25) is 0 Å². The molecule has 0 spiro atoms. The minimum atomic E-state index is -3.00. The molecule has 1 aromatic rings. The van der Waals surface area contributed by atoms with Gasteiger partial charge >= 0.3 is 5.82 Å². The topological polar surface area (TPSA) is 102 Å². The molecule has 0 saturated carbocycles. The second-order valence-electron chi connectivity index (χ2n) is 3.88. The number of hydrogen-bond acceptors (Lipinski definition) is 6. The lowest BCUT2D eigenvalue weighted by atomic mass is 10.2. The van der Waals surface area contributed by atoms with E-state index in [2.05, 4.69) is 10.3 Å². The zero-order valence-electron chi connectivity index (χ0n) is 8.87. The summed E-state index contributed by atoms with van der Waals surface area (Å²) >= 11 is 0. The van der Waals surface area contributed by atoms with E-state index in [9.17, 15) is 18.5 Å². The fourth-order valence-electron chi connectivity index (χ4n) is 1.78. The molecule has 0 aliphatic carbocycles. The van der Waals surface area contributed by atoms with Gasteiger partial charge in [-0.2, -0.15) is 0 Å². The second kappa shape index (κ2) is 4.28. The number of nitro groups is 1. The second-order valence-corrected chi connectivity index (χ2v) is 6.10. The molecule has 1 unspecified atom stereocenters. The van der Waals surface area contributed by atoms with Gasteiger partial charge in [0, 0.05) is 6.04 Å². The van der Waals surface area contributed by atoms with Crippen LogP contribution in [0.25, 0.3) is 0 Å². The van der Waals surface area contributed by atoms with Crippen LogP contribution < -0.4 is 5.32 Å². The molecule has 1 aromatic heterocycles. The zero-order chi connectivity index (χ0) is 12.5. The van der Waals surface area contributed by atoms with Crippen molar-refractivity contribution in [2.24, 2.45) is 0 Å². The molecular formula is C9H11N3O4S. The fraction of sp³-hybridized carbons (Fsp3) is 0.444. The number of anilines is 1. The number of rotatable bonds is 3. The van der Waals surface area contributed by atoms with E-state index in [1.807, 2.05) is 0 Å². The number of nitrogens with zero attached hydrogens (tertiary/aromatic N) is 2. The average Bonchev–Trinajstić information content (AvgIpc) is 2.58. The predicted molar refractivity (Wildman–Crippen MR) is 61.6 cm³/mol. The third-order valence-corrected chi connectivity index (χ3v) is 4.32. The first-order chi connectivity index (χ1) is 7.98. The quantitative estimate of drug-likeness (QED) is 0.628. The Kier molecular flexibility index (Phi) is 2.97. The van der Waals surface area contributed by atoms with Gasteiger partial charge < -0.3 is 15.4 Å². The minimum Gasteiger partial charge on any atom is -0.374 e. The van der Waals surface area contributed by atoms with Crippen LogP contribution in [-0.2, 0) is 9.84 Å². The molecule has 1 fully saturated rings. The van der Waals surface area contributed by atoms with E-state index in [1.165, 1.54) is 12.3 Å². The fourth-order valence-corrected chi connectivity index (χ4v) is 3.46. The van der Waals surface area contributed by atoms with Gasteiger partial charge in [0.2, 0.25) is 0 Å². The van der Waals surface area contributed by atoms with Gasteiger partial charge in [-0.05, 0) is 28.5 Å². The molecule has 1 saturated heterocycles. The van der Waals surface area contributed by atoms with Crippen molar-refractivity contribution in [3.8, 4) is 0 Å². The van der Waals surface area contributed by atoms with Gasteiger partial charge in [0.15, 0.2) is 9.84 Å². The molecule has 1 aliphatic rings. The Morgan fingerprint density at radius 3 is 2.88 bits per heavy atom. The summed E-state index contributed by atoms with van der Waals surface area (Å²) in [5.74, 6) is -0.144. The largest absolute Gasteiger partial charge is 0.386 e. The lowest BCUT2D eigenvalue weighted by Crippen LogP contribution is -2.21. The molecule has 2 rings (SSSR count). The molecule has 0 radical (unpaired) electrons. The first-order valence-electron chi connectivity index (χ1n) is 5.04. The number of sulfone groups is 1. The molecule has 1 N–H and O–H groups in total. The van der Waals surface area contributed by atoms with Gasteiger partial charge in [0.05, 0.1) is 11.5 Å². The Balaban J connectivity index is 2.17. The normalized spacial score (nSPS) is 22.2. The van der Waals surface area contributed by atoms with Gasteiger partial charge in [-0.1, -0.05) is 0 Å². The van der Waals surface area contributed by atoms with Crippen molar-refractivity contribution >= 4 is 21.3 Å². The van der Waals surface area contributed by atoms with Crippen LogP contribution in [0.4, 0.5) is 11.5 Å². The molecule has 2 heterocycles. The molecule has 8 heteroatoms. The van der Waals surface area contributed by atoms with Crippen LogP contribution >= 0.6 is 0 Å². The van der Waals surface area contributed by atoms with Crippen LogP contribution in [0.2, 0.25) is 0 Å². The Bertz CT molecular complexity index is 543. The van der Waals surface area contributed by atoms with Crippen LogP contribution in [0.1, 0.15) is 6.42 Å². The Labute approximate surface area is 97.9 Å². The SMILES string of the molecule is O=[N+]([O-])c1ncccc1NC1CCS(=O)(=O)C1. The standard InChI is InChI=1S/C9H11N3O4S/c13-12(14)9-8(2-1-4-10-9)11-7-3-5-17(15,16)6-7/h1-2,4,7,11H,3,5-6H2. The first kappa shape index (κ1) is 11.8. The van der Waals surface area contributed by atoms with E-state index < -0.39 is 14.8 Å². The van der Waals surface area contributed by atoms with Gasteiger partial charge in [0.25, 0.3) is 0 Å². The van der Waals surface area contributed by atoms with Crippen LogP contribution in [0.5, 0.6) is 0 Å². The van der Waals surface area contributed by atoms with Gasteiger partial charge in [0.1, 0.15) is 11.9 Å². The van der Waals surface area contributed by atoms with Crippen molar-refractivity contribution in [1.29, 1.82) is 0 Å². The van der Waals surface area contributed by atoms with E-state index in [0.717, 1.165) is 0 Å². The van der Waals surface area contributed by atoms with Crippen molar-refractivity contribution in [2.45, 2.75) is 12.5 Å². The highest BCUT2D eigenvalue weighted by Crippen LogP contribution is 2.24. The number of pyridine rings is 1. The third kappa shape index (κ3) is 2.70. The third-order valence-electron chi connectivity index (χ3n) is 2.55. The number of nitrogens with one attached hydrogen (secondary N) is 1. The highest BCUT2D eigenvalue weighted by Gasteiger charge is 2.29. The Morgan fingerprint density at radius 2 is 2.29 bits per heavy atom. The van der Waals surface area contributed by atoms with Gasteiger partial charge in [-0.25, -0.2) is 8.42 Å². The van der Waals surface area contributed by atoms with E-state index in [-0.39, 0.29) is 29.1 Å². The molecule has 1 atom stereocenters. The minimum absolute atomic E-state index is 0.0129. The molecule has 1 aliphatic heterocycles. The molecule has 92 valence electrons. The lowest BCUT2D eigenvalue weighted by molar-refractivity contribution is -0.388. The maximum absolute atomic E-state index is 11.3. The summed E-state index contributed by atoms with van der Waals surface area (Å²) in [6.07, 6.45) is 1.79. The summed E-state index contributed by atoms with van der Waals surface area (Å²) in [7, 11) is -3.00. The Morgan fingerprint density at radius 1 is 1.53 bits per heavy atom. The van der Waals surface area contributed by atoms with Crippen molar-refractivity contribution in [2.75, 3.05) is 16.8 Å². The summed E-state index contributed by atoms with van der Waals surface area (Å²) in [4.78, 5) is 13.8. The number of aromatic nitrogens is 1.